The van der Waals surface area contributed by atoms with Crippen LogP contribution in [0.2, 0.25) is 0 Å². The molecule has 0 amide bonds. The van der Waals surface area contributed by atoms with Gasteiger partial charge < -0.3 is 5.32 Å². The number of aryl methyl sites for hydroxylation is 1. The highest BCUT2D eigenvalue weighted by Crippen LogP contribution is 2.26. The van der Waals surface area contributed by atoms with Crippen LogP contribution in [-0.4, -0.2) is 23.4 Å². The Balaban J connectivity index is 2.38. The molecule has 2 aromatic rings. The number of benzene rings is 1. The Morgan fingerprint density at radius 2 is 2.24 bits per heavy atom. The molecule has 2 rings (SSSR count). The first kappa shape index (κ1) is 12.3. The number of hydrogen-bond acceptors (Lipinski definition) is 2. The van der Waals surface area contributed by atoms with Crippen molar-refractivity contribution in [2.75, 3.05) is 13.6 Å². The summed E-state index contributed by atoms with van der Waals surface area (Å²) in [5.74, 6) is 0. The number of halogens is 1. The number of nitrogens with zero attached hydrogens (tertiary/aromatic N) is 2. The van der Waals surface area contributed by atoms with Crippen LogP contribution in [0.3, 0.4) is 0 Å². The minimum atomic E-state index is 0.959. The van der Waals surface area contributed by atoms with Crippen LogP contribution in [0.5, 0.6) is 0 Å². The van der Waals surface area contributed by atoms with Gasteiger partial charge in [0.15, 0.2) is 0 Å². The molecular weight excluding hydrogens is 278 g/mol. The zero-order valence-electron chi connectivity index (χ0n) is 10.1. The van der Waals surface area contributed by atoms with Gasteiger partial charge in [-0.1, -0.05) is 28.1 Å². The number of hydrogen-bond donors (Lipinski definition) is 1. The Bertz CT molecular complexity index is 505. The van der Waals surface area contributed by atoms with E-state index in [0.717, 1.165) is 17.4 Å². The summed E-state index contributed by atoms with van der Waals surface area (Å²) < 4.78 is 3.05. The lowest BCUT2D eigenvalue weighted by Crippen LogP contribution is -2.13. The lowest BCUT2D eigenvalue weighted by Gasteiger charge is -2.06. The van der Waals surface area contributed by atoms with E-state index in [4.69, 9.17) is 0 Å². The molecule has 0 saturated carbocycles. The van der Waals surface area contributed by atoms with E-state index < -0.39 is 0 Å². The molecule has 0 aliphatic heterocycles. The molecular formula is C13H16BrN3. The third kappa shape index (κ3) is 2.76. The topological polar surface area (TPSA) is 29.9 Å². The van der Waals surface area contributed by atoms with Crippen LogP contribution in [0.1, 0.15) is 5.69 Å². The summed E-state index contributed by atoms with van der Waals surface area (Å²) in [6, 6.07) is 8.33. The van der Waals surface area contributed by atoms with Crippen LogP contribution in [0, 0.1) is 0 Å². The summed E-state index contributed by atoms with van der Waals surface area (Å²) in [5, 5.41) is 7.52. The summed E-state index contributed by atoms with van der Waals surface area (Å²) in [4.78, 5) is 0. The van der Waals surface area contributed by atoms with Crippen molar-refractivity contribution >= 4 is 15.9 Å². The van der Waals surface area contributed by atoms with Crippen molar-refractivity contribution in [1.29, 1.82) is 0 Å². The molecule has 0 atom stereocenters. The maximum absolute atomic E-state index is 4.35. The fourth-order valence-corrected chi connectivity index (χ4v) is 2.30. The molecule has 0 fully saturated rings. The monoisotopic (exact) mass is 293 g/mol. The molecule has 4 heteroatoms. The number of rotatable bonds is 4. The fraction of sp³-hybridized carbons (Fsp3) is 0.308. The molecule has 0 unspecified atom stereocenters. The summed E-state index contributed by atoms with van der Waals surface area (Å²) in [5.41, 5.74) is 3.68. The van der Waals surface area contributed by atoms with E-state index in [2.05, 4.69) is 38.5 Å². The van der Waals surface area contributed by atoms with Gasteiger partial charge in [-0.15, -0.1) is 0 Å². The standard InChI is InChI=1S/C13H16BrN3/c1-15-7-6-13-12(9-16-17(13)2)10-4-3-5-11(14)8-10/h3-5,8-9,15H,6-7H2,1-2H3. The minimum absolute atomic E-state index is 0.959. The van der Waals surface area contributed by atoms with Gasteiger partial charge in [-0.2, -0.15) is 5.10 Å². The summed E-state index contributed by atoms with van der Waals surface area (Å²) in [7, 11) is 3.96. The molecule has 0 aliphatic rings. The second-order valence-corrected chi connectivity index (χ2v) is 4.91. The first-order valence-corrected chi connectivity index (χ1v) is 6.43. The predicted octanol–water partition coefficient (Wildman–Crippen LogP) is 2.61. The van der Waals surface area contributed by atoms with Crippen LogP contribution in [-0.2, 0) is 13.5 Å². The Morgan fingerprint density at radius 1 is 1.41 bits per heavy atom. The molecule has 0 bridgehead atoms. The normalized spacial score (nSPS) is 10.8. The van der Waals surface area contributed by atoms with Crippen molar-refractivity contribution in [3.8, 4) is 11.1 Å². The van der Waals surface area contributed by atoms with E-state index in [-0.39, 0.29) is 0 Å². The highest BCUT2D eigenvalue weighted by Gasteiger charge is 2.10. The van der Waals surface area contributed by atoms with Gasteiger partial charge in [-0.3, -0.25) is 4.68 Å². The second-order valence-electron chi connectivity index (χ2n) is 3.99. The van der Waals surface area contributed by atoms with Gasteiger partial charge in [0.05, 0.1) is 6.20 Å². The molecule has 17 heavy (non-hydrogen) atoms. The van der Waals surface area contributed by atoms with Crippen LogP contribution in [0.4, 0.5) is 0 Å². The lowest BCUT2D eigenvalue weighted by atomic mass is 10.1. The summed E-state index contributed by atoms with van der Waals surface area (Å²) in [6.45, 7) is 0.959. The Hall–Kier alpha value is -1.13. The van der Waals surface area contributed by atoms with Crippen molar-refractivity contribution in [2.24, 2.45) is 7.05 Å². The van der Waals surface area contributed by atoms with Crippen LogP contribution in [0.25, 0.3) is 11.1 Å². The molecule has 1 heterocycles. The molecule has 1 aromatic carbocycles. The molecule has 0 aliphatic carbocycles. The van der Waals surface area contributed by atoms with Gasteiger partial charge in [0.1, 0.15) is 0 Å². The van der Waals surface area contributed by atoms with Crippen molar-refractivity contribution in [1.82, 2.24) is 15.1 Å². The lowest BCUT2D eigenvalue weighted by molar-refractivity contribution is 0.682. The fourth-order valence-electron chi connectivity index (χ4n) is 1.90. The van der Waals surface area contributed by atoms with E-state index in [9.17, 15) is 0 Å². The zero-order chi connectivity index (χ0) is 12.3. The van der Waals surface area contributed by atoms with Crippen molar-refractivity contribution in [3.05, 3.63) is 40.6 Å². The molecule has 90 valence electrons. The van der Waals surface area contributed by atoms with Crippen LogP contribution < -0.4 is 5.32 Å². The Labute approximate surface area is 110 Å². The Morgan fingerprint density at radius 3 is 2.94 bits per heavy atom. The van der Waals surface area contributed by atoms with Crippen LogP contribution in [0.15, 0.2) is 34.9 Å². The van der Waals surface area contributed by atoms with Gasteiger partial charge in [-0.25, -0.2) is 0 Å². The van der Waals surface area contributed by atoms with E-state index in [1.165, 1.54) is 16.8 Å². The number of likely N-dealkylation sites (N-methyl/N-ethyl adjacent to an activating group) is 1. The average Bonchev–Trinajstić information content (AvgIpc) is 2.68. The molecule has 1 N–H and O–H groups in total. The predicted molar refractivity (Wildman–Crippen MR) is 74.0 cm³/mol. The smallest absolute Gasteiger partial charge is 0.0571 e. The quantitative estimate of drug-likeness (QED) is 0.939. The highest BCUT2D eigenvalue weighted by atomic mass is 79.9. The summed E-state index contributed by atoms with van der Waals surface area (Å²) >= 11 is 3.50. The SMILES string of the molecule is CNCCc1c(-c2cccc(Br)c2)cnn1C. The minimum Gasteiger partial charge on any atom is -0.319 e. The molecule has 3 nitrogen and oxygen atoms in total. The van der Waals surface area contributed by atoms with Gasteiger partial charge in [0.2, 0.25) is 0 Å². The van der Waals surface area contributed by atoms with E-state index in [1.807, 2.05) is 37.1 Å². The molecule has 0 radical (unpaired) electrons. The first-order chi connectivity index (χ1) is 8.22. The summed E-state index contributed by atoms with van der Waals surface area (Å²) in [6.07, 6.45) is 2.92. The number of nitrogens with one attached hydrogen (secondary N) is 1. The van der Waals surface area contributed by atoms with Crippen molar-refractivity contribution in [2.45, 2.75) is 6.42 Å². The molecule has 0 spiro atoms. The van der Waals surface area contributed by atoms with E-state index in [1.54, 1.807) is 0 Å². The van der Waals surface area contributed by atoms with Gasteiger partial charge in [0, 0.05) is 35.7 Å². The Kier molecular flexibility index (Phi) is 3.97. The van der Waals surface area contributed by atoms with Gasteiger partial charge >= 0.3 is 0 Å². The molecule has 0 saturated heterocycles. The van der Waals surface area contributed by atoms with Crippen molar-refractivity contribution in [3.63, 3.8) is 0 Å². The van der Waals surface area contributed by atoms with E-state index in [0.29, 0.717) is 0 Å². The zero-order valence-corrected chi connectivity index (χ0v) is 11.7. The number of aromatic nitrogens is 2. The highest BCUT2D eigenvalue weighted by molar-refractivity contribution is 9.10. The van der Waals surface area contributed by atoms with Crippen LogP contribution >= 0.6 is 15.9 Å². The average molecular weight is 294 g/mol. The van der Waals surface area contributed by atoms with Gasteiger partial charge in [0.25, 0.3) is 0 Å². The maximum Gasteiger partial charge on any atom is 0.0571 e. The van der Waals surface area contributed by atoms with Gasteiger partial charge in [-0.05, 0) is 24.7 Å². The third-order valence-electron chi connectivity index (χ3n) is 2.81. The largest absolute Gasteiger partial charge is 0.319 e. The second kappa shape index (κ2) is 5.47. The third-order valence-corrected chi connectivity index (χ3v) is 3.30. The van der Waals surface area contributed by atoms with Crippen molar-refractivity contribution < 1.29 is 0 Å². The molecule has 1 aromatic heterocycles. The first-order valence-electron chi connectivity index (χ1n) is 5.64. The maximum atomic E-state index is 4.35. The van der Waals surface area contributed by atoms with E-state index >= 15 is 0 Å².